The number of benzene rings is 2. The molecule has 0 amide bonds. The number of hydrogen-bond donors (Lipinski definition) is 3. The summed E-state index contributed by atoms with van der Waals surface area (Å²) in [6, 6.07) is 10.6. The van der Waals surface area contributed by atoms with Crippen molar-refractivity contribution >= 4 is 39.6 Å². The van der Waals surface area contributed by atoms with Crippen LogP contribution in [0.2, 0.25) is 0 Å². The first-order chi connectivity index (χ1) is 20.4. The van der Waals surface area contributed by atoms with Crippen LogP contribution in [-0.4, -0.2) is 61.5 Å². The number of esters is 1. The van der Waals surface area contributed by atoms with Crippen LogP contribution in [0.25, 0.3) is 10.9 Å². The molecule has 0 spiro atoms. The third-order valence-electron chi connectivity index (χ3n) is 8.37. The number of hydrogen-bond acceptors (Lipinski definition) is 8. The Balaban J connectivity index is 1.51. The lowest BCUT2D eigenvalue weighted by atomic mass is 9.98. The van der Waals surface area contributed by atoms with Crippen LogP contribution >= 0.6 is 0 Å². The SMILES string of the molecule is C\C=C(/N=C(\C(=C/C)C(=O)OC)c1cn2c3c(cccc13)CCC2)Nc1cc(N)c(NCC2CCCN2C)cc1OC. The molecule has 42 heavy (non-hydrogen) atoms. The van der Waals surface area contributed by atoms with Gasteiger partial charge in [0.25, 0.3) is 0 Å². The van der Waals surface area contributed by atoms with Crippen molar-refractivity contribution in [1.29, 1.82) is 0 Å². The Morgan fingerprint density at radius 3 is 2.67 bits per heavy atom. The zero-order valence-electron chi connectivity index (χ0n) is 25.3. The number of para-hydroxylation sites is 1. The zero-order chi connectivity index (χ0) is 29.8. The Morgan fingerprint density at radius 2 is 1.98 bits per heavy atom. The molecule has 1 unspecified atom stereocenters. The zero-order valence-corrected chi connectivity index (χ0v) is 25.3. The van der Waals surface area contributed by atoms with Gasteiger partial charge in [0.15, 0.2) is 0 Å². The average molecular weight is 571 g/mol. The van der Waals surface area contributed by atoms with Crippen LogP contribution in [0.3, 0.4) is 0 Å². The molecule has 1 fully saturated rings. The predicted octanol–water partition coefficient (Wildman–Crippen LogP) is 5.57. The number of nitrogens with two attached hydrogens (primary N) is 1. The summed E-state index contributed by atoms with van der Waals surface area (Å²) in [6.45, 7) is 6.59. The highest BCUT2D eigenvalue weighted by Gasteiger charge is 2.25. The van der Waals surface area contributed by atoms with E-state index in [2.05, 4.69) is 51.5 Å². The van der Waals surface area contributed by atoms with Crippen LogP contribution in [0, 0.1) is 0 Å². The minimum atomic E-state index is -0.441. The number of carbonyl (C=O) groups excluding carboxylic acids is 1. The van der Waals surface area contributed by atoms with Gasteiger partial charge in [-0.25, -0.2) is 9.79 Å². The first-order valence-electron chi connectivity index (χ1n) is 14.7. The molecule has 0 saturated carbocycles. The molecule has 9 nitrogen and oxygen atoms in total. The second kappa shape index (κ2) is 12.7. The molecule has 1 aromatic heterocycles. The second-order valence-electron chi connectivity index (χ2n) is 10.9. The quantitative estimate of drug-likeness (QED) is 0.127. The first kappa shape index (κ1) is 29.3. The van der Waals surface area contributed by atoms with E-state index in [1.165, 1.54) is 31.0 Å². The number of nitrogens with zero attached hydrogens (tertiary/aromatic N) is 3. The Bertz CT molecular complexity index is 1570. The summed E-state index contributed by atoms with van der Waals surface area (Å²) in [6.07, 6.45) is 10.2. The minimum absolute atomic E-state index is 0.394. The number of ether oxygens (including phenoxy) is 2. The van der Waals surface area contributed by atoms with Crippen molar-refractivity contribution < 1.29 is 14.3 Å². The largest absolute Gasteiger partial charge is 0.494 e. The summed E-state index contributed by atoms with van der Waals surface area (Å²) >= 11 is 0. The standard InChI is InChI=1S/C33H42N6O3/c1-6-23(33(40)42-5)31(25-20-39-16-9-12-21-11-8-14-24(25)32(21)39)37-30(7-2)36-28-17-26(34)27(18-29(28)41-4)35-19-22-13-10-15-38(22)3/h6-8,11,14,17-18,20,22,35-36H,9-10,12-13,15-16,19,34H2,1-5H3/b23-6+,30-7-,37-31+. The normalized spacial score (nSPS) is 17.9. The molecule has 1 saturated heterocycles. The molecule has 2 aliphatic rings. The highest BCUT2D eigenvalue weighted by atomic mass is 16.5. The lowest BCUT2D eigenvalue weighted by molar-refractivity contribution is -0.135. The second-order valence-corrected chi connectivity index (χ2v) is 10.9. The van der Waals surface area contributed by atoms with Gasteiger partial charge in [-0.15, -0.1) is 0 Å². The van der Waals surface area contributed by atoms with Crippen LogP contribution in [0.4, 0.5) is 17.1 Å². The summed E-state index contributed by atoms with van der Waals surface area (Å²) in [5.74, 6) is 0.740. The lowest BCUT2D eigenvalue weighted by Crippen LogP contribution is -2.31. The summed E-state index contributed by atoms with van der Waals surface area (Å²) in [4.78, 5) is 20.4. The van der Waals surface area contributed by atoms with Gasteiger partial charge in [0.1, 0.15) is 11.6 Å². The third-order valence-corrected chi connectivity index (χ3v) is 8.37. The Kier molecular flexibility index (Phi) is 8.87. The van der Waals surface area contributed by atoms with Crippen molar-refractivity contribution in [3.05, 3.63) is 71.2 Å². The maximum absolute atomic E-state index is 13.0. The predicted molar refractivity (Wildman–Crippen MR) is 171 cm³/mol. The fourth-order valence-electron chi connectivity index (χ4n) is 6.08. The molecular weight excluding hydrogens is 528 g/mol. The van der Waals surface area contributed by atoms with Crippen molar-refractivity contribution in [3.63, 3.8) is 0 Å². The fraction of sp³-hybridized carbons (Fsp3) is 0.394. The first-order valence-corrected chi connectivity index (χ1v) is 14.7. The number of allylic oxidation sites excluding steroid dienone is 2. The average Bonchev–Trinajstić information content (AvgIpc) is 3.59. The van der Waals surface area contributed by atoms with Crippen molar-refractivity contribution in [2.45, 2.75) is 52.1 Å². The highest BCUT2D eigenvalue weighted by Crippen LogP contribution is 2.35. The molecule has 0 bridgehead atoms. The summed E-state index contributed by atoms with van der Waals surface area (Å²) in [7, 11) is 5.19. The highest BCUT2D eigenvalue weighted by molar-refractivity contribution is 6.30. The van der Waals surface area contributed by atoms with Crippen molar-refractivity contribution in [2.24, 2.45) is 4.99 Å². The molecule has 9 heteroatoms. The number of rotatable bonds is 10. The number of aromatic nitrogens is 1. The van der Waals surface area contributed by atoms with Crippen molar-refractivity contribution in [2.75, 3.05) is 50.7 Å². The fourth-order valence-corrected chi connectivity index (χ4v) is 6.08. The number of nitrogens with one attached hydrogen (secondary N) is 2. The van der Waals surface area contributed by atoms with Crippen LogP contribution in [0.1, 0.15) is 44.2 Å². The molecule has 5 rings (SSSR count). The van der Waals surface area contributed by atoms with Crippen molar-refractivity contribution in [1.82, 2.24) is 9.47 Å². The van der Waals surface area contributed by atoms with Crippen molar-refractivity contribution in [3.8, 4) is 5.75 Å². The van der Waals surface area contributed by atoms with Gasteiger partial charge in [0, 0.05) is 42.3 Å². The minimum Gasteiger partial charge on any atom is -0.494 e. The molecule has 0 aliphatic carbocycles. The van der Waals surface area contributed by atoms with E-state index in [1.54, 1.807) is 13.2 Å². The van der Waals surface area contributed by atoms with E-state index in [0.29, 0.717) is 40.3 Å². The number of anilines is 3. The monoisotopic (exact) mass is 570 g/mol. The molecule has 0 radical (unpaired) electrons. The summed E-state index contributed by atoms with van der Waals surface area (Å²) in [5, 5.41) is 7.97. The van der Waals surface area contributed by atoms with Crippen LogP contribution in [0.15, 0.2) is 65.1 Å². The molecule has 2 aromatic carbocycles. The number of likely N-dealkylation sites (N-methyl/N-ethyl adjacent to an activating group) is 1. The van der Waals surface area contributed by atoms with Gasteiger partial charge in [-0.05, 0) is 70.8 Å². The third kappa shape index (κ3) is 5.74. The topological polar surface area (TPSA) is 106 Å². The van der Waals surface area contributed by atoms with Crippen LogP contribution in [0.5, 0.6) is 5.75 Å². The number of carbonyl (C=O) groups is 1. The maximum Gasteiger partial charge on any atom is 0.339 e. The number of likely N-dealkylation sites (tertiary alicyclic amines) is 1. The Hall–Kier alpha value is -4.24. The maximum atomic E-state index is 13.0. The molecule has 3 heterocycles. The van der Waals surface area contributed by atoms with E-state index in [4.69, 9.17) is 20.2 Å². The molecule has 2 aliphatic heterocycles. The van der Waals surface area contributed by atoms with E-state index in [0.717, 1.165) is 49.1 Å². The summed E-state index contributed by atoms with van der Waals surface area (Å²) < 4.78 is 13.2. The van der Waals surface area contributed by atoms with Gasteiger partial charge in [-0.2, -0.15) is 0 Å². The van der Waals surface area contributed by atoms with Gasteiger partial charge < -0.3 is 35.3 Å². The Labute approximate surface area is 248 Å². The van der Waals surface area contributed by atoms with E-state index >= 15 is 0 Å². The van der Waals surface area contributed by atoms with Gasteiger partial charge in [0.2, 0.25) is 0 Å². The number of nitrogen functional groups attached to an aromatic ring is 1. The molecule has 1 atom stereocenters. The lowest BCUT2D eigenvalue weighted by Gasteiger charge is -2.22. The number of aryl methyl sites for hydroxylation is 2. The molecule has 3 aromatic rings. The van der Waals surface area contributed by atoms with Crippen LogP contribution < -0.4 is 21.1 Å². The molecule has 222 valence electrons. The van der Waals surface area contributed by atoms with Gasteiger partial charge >= 0.3 is 5.97 Å². The molecule has 4 N–H and O–H groups in total. The smallest absolute Gasteiger partial charge is 0.339 e. The van der Waals surface area contributed by atoms with E-state index in [9.17, 15) is 4.79 Å². The Morgan fingerprint density at radius 1 is 1.14 bits per heavy atom. The van der Waals surface area contributed by atoms with Gasteiger partial charge in [0.05, 0.1) is 48.1 Å². The van der Waals surface area contributed by atoms with E-state index in [-0.39, 0.29) is 0 Å². The van der Waals surface area contributed by atoms with E-state index < -0.39 is 5.97 Å². The van der Waals surface area contributed by atoms with E-state index in [1.807, 2.05) is 32.1 Å². The molecular formula is C33H42N6O3. The van der Waals surface area contributed by atoms with Gasteiger partial charge in [-0.1, -0.05) is 24.3 Å². The van der Waals surface area contributed by atoms with Gasteiger partial charge in [-0.3, -0.25) is 0 Å². The summed E-state index contributed by atoms with van der Waals surface area (Å²) in [5.41, 5.74) is 12.9. The van der Waals surface area contributed by atoms with Crippen LogP contribution in [-0.2, 0) is 22.5 Å². The number of aliphatic imine (C=N–C) groups is 1. The number of methoxy groups -OCH3 is 2.